The third-order valence-electron chi connectivity index (χ3n) is 8.61. The average molecular weight is 855 g/mol. The average Bonchev–Trinajstić information content (AvgIpc) is 3.81. The predicted octanol–water partition coefficient (Wildman–Crippen LogP) is 5.90. The van der Waals surface area contributed by atoms with E-state index in [1.165, 1.54) is 9.80 Å². The van der Waals surface area contributed by atoms with E-state index in [0.29, 0.717) is 25.2 Å². The first kappa shape index (κ1) is 51.7. The summed E-state index contributed by atoms with van der Waals surface area (Å²) in [5, 5.41) is 9.41. The van der Waals surface area contributed by atoms with E-state index in [0.717, 1.165) is 16.9 Å². The van der Waals surface area contributed by atoms with Crippen molar-refractivity contribution in [3.63, 3.8) is 0 Å². The molecule has 2 aromatic carbocycles. The molecule has 2 saturated heterocycles. The van der Waals surface area contributed by atoms with Crippen LogP contribution in [-0.2, 0) is 51.3 Å². The van der Waals surface area contributed by atoms with Gasteiger partial charge in [-0.2, -0.15) is 27.0 Å². The molecule has 326 valence electrons. The van der Waals surface area contributed by atoms with Gasteiger partial charge in [0, 0.05) is 25.6 Å². The second kappa shape index (κ2) is 23.9. The molecule has 0 unspecified atom stereocenters. The number of hydrogen-bond donors (Lipinski definition) is 1. The van der Waals surface area contributed by atoms with E-state index in [1.807, 2.05) is 19.1 Å². The van der Waals surface area contributed by atoms with E-state index < -0.39 is 59.3 Å². The van der Waals surface area contributed by atoms with Gasteiger partial charge in [-0.15, -0.1) is 0 Å². The molecule has 0 aromatic heterocycles. The van der Waals surface area contributed by atoms with Gasteiger partial charge < -0.3 is 38.3 Å². The Kier molecular flexibility index (Phi) is 21.3. The zero-order valence-electron chi connectivity index (χ0n) is 35.0. The van der Waals surface area contributed by atoms with E-state index in [1.54, 1.807) is 92.2 Å². The van der Waals surface area contributed by atoms with Gasteiger partial charge in [0.1, 0.15) is 48.0 Å². The van der Waals surface area contributed by atoms with Crippen LogP contribution in [0.15, 0.2) is 48.5 Å². The lowest BCUT2D eigenvalue weighted by Gasteiger charge is -2.27. The monoisotopic (exact) mass is 854 g/mol. The zero-order chi connectivity index (χ0) is 41.6. The molecule has 0 radical (unpaired) electrons. The SMILES string of the molecule is CCCOC(=O)[C@H]1C[C@@H](C(=O)OCc2ccc(OC)cc2)N(C(=O)OC(C)(C)C)C1.COc1ccc(COC(=O)[C@@H]2C[C@H](CO)CN2C(=O)OC(C)(C)C)cc1.S.S. The van der Waals surface area contributed by atoms with Crippen molar-refractivity contribution in [3.05, 3.63) is 59.7 Å². The Balaban J connectivity index is 0.000000566. The summed E-state index contributed by atoms with van der Waals surface area (Å²) >= 11 is 0. The van der Waals surface area contributed by atoms with Gasteiger partial charge in [0.25, 0.3) is 0 Å². The Morgan fingerprint density at radius 1 is 0.638 bits per heavy atom. The molecule has 0 aliphatic carbocycles. The van der Waals surface area contributed by atoms with E-state index in [9.17, 15) is 29.1 Å². The van der Waals surface area contributed by atoms with E-state index in [2.05, 4.69) is 0 Å². The fraction of sp³-hybridized carbons (Fsp3) is 0.585. The Hall–Kier alpha value is -4.35. The van der Waals surface area contributed by atoms with Crippen molar-refractivity contribution in [3.8, 4) is 11.5 Å². The third-order valence-corrected chi connectivity index (χ3v) is 8.61. The number of aliphatic hydroxyl groups is 1. The Morgan fingerprint density at radius 2 is 1.05 bits per heavy atom. The summed E-state index contributed by atoms with van der Waals surface area (Å²) in [4.78, 5) is 65.2. The van der Waals surface area contributed by atoms with Gasteiger partial charge in [0.15, 0.2) is 0 Å². The van der Waals surface area contributed by atoms with Gasteiger partial charge >= 0.3 is 30.1 Å². The molecule has 2 aliphatic heterocycles. The van der Waals surface area contributed by atoms with Crippen LogP contribution in [0.2, 0.25) is 0 Å². The minimum absolute atomic E-state index is 0. The minimum Gasteiger partial charge on any atom is -0.497 e. The van der Waals surface area contributed by atoms with Gasteiger partial charge in [-0.3, -0.25) is 14.6 Å². The molecule has 2 fully saturated rings. The Bertz CT molecular complexity index is 1610. The highest BCUT2D eigenvalue weighted by Gasteiger charge is 2.46. The molecular formula is C41H62N2O13S2. The molecule has 0 bridgehead atoms. The number of amides is 2. The maximum absolute atomic E-state index is 12.8. The fourth-order valence-electron chi connectivity index (χ4n) is 5.82. The maximum atomic E-state index is 12.8. The van der Waals surface area contributed by atoms with Crippen LogP contribution in [0, 0.1) is 11.8 Å². The fourth-order valence-corrected chi connectivity index (χ4v) is 5.82. The second-order valence-corrected chi connectivity index (χ2v) is 15.6. The normalized spacial score (nSPS) is 18.6. The highest BCUT2D eigenvalue weighted by Crippen LogP contribution is 2.29. The molecule has 15 nitrogen and oxygen atoms in total. The molecule has 2 amide bonds. The topological polar surface area (TPSA) is 177 Å². The summed E-state index contributed by atoms with van der Waals surface area (Å²) in [5.74, 6) is -0.840. The van der Waals surface area contributed by atoms with E-state index in [4.69, 9.17) is 33.2 Å². The molecule has 2 heterocycles. The maximum Gasteiger partial charge on any atom is 0.411 e. The van der Waals surface area contributed by atoms with Crippen LogP contribution in [0.1, 0.15) is 78.9 Å². The van der Waals surface area contributed by atoms with Crippen LogP contribution in [0.5, 0.6) is 11.5 Å². The van der Waals surface area contributed by atoms with E-state index >= 15 is 0 Å². The molecule has 58 heavy (non-hydrogen) atoms. The largest absolute Gasteiger partial charge is 0.497 e. The van der Waals surface area contributed by atoms with Gasteiger partial charge in [-0.1, -0.05) is 31.2 Å². The summed E-state index contributed by atoms with van der Waals surface area (Å²) < 4.78 is 37.0. The number of benzene rings is 2. The Labute approximate surface area is 355 Å². The van der Waals surface area contributed by atoms with Crippen molar-refractivity contribution in [1.29, 1.82) is 0 Å². The molecule has 0 saturated carbocycles. The number of esters is 3. The smallest absolute Gasteiger partial charge is 0.411 e. The van der Waals surface area contributed by atoms with Gasteiger partial charge in [0.05, 0.1) is 26.7 Å². The quantitative estimate of drug-likeness (QED) is 0.198. The number of carbonyl (C=O) groups excluding carboxylic acids is 5. The first-order chi connectivity index (χ1) is 26.4. The molecule has 4 rings (SSSR count). The van der Waals surface area contributed by atoms with Crippen molar-refractivity contribution in [1.82, 2.24) is 9.80 Å². The van der Waals surface area contributed by atoms with Gasteiger partial charge in [0.2, 0.25) is 0 Å². The standard InChI is InChI=1S/C22H31NO7.C19H27NO6.2H2S/c1-6-11-28-19(24)16-12-18(23(13-16)21(26)30-22(2,3)4)20(25)29-14-15-7-9-17(27-5)10-8-15;1-19(2,3)26-18(23)20-10-14(11-21)9-16(20)17(22)25-12-13-5-7-15(24-4)8-6-13;;/h7-10,16,18H,6,11-14H2,1-5H3;5-8,14,16,21H,9-12H2,1-4H3;2*1H2/t16-,18-;14-,16-;;/m00../s1. The van der Waals surface area contributed by atoms with Crippen LogP contribution < -0.4 is 9.47 Å². The molecular weight excluding hydrogens is 793 g/mol. The number of methoxy groups -OCH3 is 2. The molecule has 2 aliphatic rings. The summed E-state index contributed by atoms with van der Waals surface area (Å²) in [6, 6.07) is 12.6. The van der Waals surface area contributed by atoms with Crippen molar-refractivity contribution < 1.29 is 62.2 Å². The zero-order valence-corrected chi connectivity index (χ0v) is 37.0. The lowest BCUT2D eigenvalue weighted by Crippen LogP contribution is -2.44. The number of ether oxygens (including phenoxy) is 7. The second-order valence-electron chi connectivity index (χ2n) is 15.6. The number of rotatable bonds is 12. The Morgan fingerprint density at radius 3 is 1.43 bits per heavy atom. The van der Waals surface area contributed by atoms with Crippen molar-refractivity contribution in [2.45, 2.75) is 104 Å². The first-order valence-electron chi connectivity index (χ1n) is 18.7. The highest BCUT2D eigenvalue weighted by atomic mass is 32.1. The van der Waals surface area contributed by atoms with Crippen LogP contribution in [-0.4, -0.2) is 109 Å². The summed E-state index contributed by atoms with van der Waals surface area (Å²) in [7, 11) is 3.15. The highest BCUT2D eigenvalue weighted by molar-refractivity contribution is 7.59. The van der Waals surface area contributed by atoms with Crippen LogP contribution in [0.25, 0.3) is 0 Å². The molecule has 0 spiro atoms. The van der Waals surface area contributed by atoms with Crippen molar-refractivity contribution >= 4 is 57.1 Å². The van der Waals surface area contributed by atoms with E-state index in [-0.39, 0.29) is 72.2 Å². The molecule has 17 heteroatoms. The summed E-state index contributed by atoms with van der Waals surface area (Å²) in [5.41, 5.74) is 0.214. The number of aliphatic hydroxyl groups excluding tert-OH is 1. The van der Waals surface area contributed by atoms with Crippen LogP contribution >= 0.6 is 27.0 Å². The van der Waals surface area contributed by atoms with Gasteiger partial charge in [-0.05, 0) is 96.2 Å². The lowest BCUT2D eigenvalue weighted by molar-refractivity contribution is -0.151. The van der Waals surface area contributed by atoms with Crippen molar-refractivity contribution in [2.75, 3.05) is 40.5 Å². The predicted molar refractivity (Wildman–Crippen MR) is 224 cm³/mol. The van der Waals surface area contributed by atoms with Crippen LogP contribution in [0.4, 0.5) is 9.59 Å². The van der Waals surface area contributed by atoms with Crippen molar-refractivity contribution in [2.24, 2.45) is 11.8 Å². The molecule has 1 N–H and O–H groups in total. The number of carbonyl (C=O) groups is 5. The molecule has 4 atom stereocenters. The minimum atomic E-state index is -0.905. The summed E-state index contributed by atoms with van der Waals surface area (Å²) in [6.45, 7) is 13.1. The third kappa shape index (κ3) is 16.5. The number of hydrogen-bond acceptors (Lipinski definition) is 13. The number of nitrogens with zero attached hydrogens (tertiary/aromatic N) is 2. The number of likely N-dealkylation sites (tertiary alicyclic amines) is 2. The molecule has 2 aromatic rings. The first-order valence-corrected chi connectivity index (χ1v) is 18.7. The van der Waals surface area contributed by atoms with Crippen LogP contribution in [0.3, 0.4) is 0 Å². The lowest BCUT2D eigenvalue weighted by atomic mass is 10.1. The van der Waals surface area contributed by atoms with Gasteiger partial charge in [-0.25, -0.2) is 19.2 Å². The summed E-state index contributed by atoms with van der Waals surface area (Å²) in [6.07, 6.45) is -0.0262.